The maximum Gasteiger partial charge on any atom is 1.00 e. The van der Waals surface area contributed by atoms with Crippen molar-refractivity contribution in [1.82, 2.24) is 0 Å². The molecule has 2 N–H and O–H groups in total. The van der Waals surface area contributed by atoms with Crippen molar-refractivity contribution in [3.05, 3.63) is 11.8 Å². The number of carbonyl (C=O) groups excluding carboxylic acids is 1. The van der Waals surface area contributed by atoms with Gasteiger partial charge in [0.15, 0.2) is 5.78 Å². The van der Waals surface area contributed by atoms with Gasteiger partial charge in [-0.25, -0.2) is 0 Å². The zero-order valence-electron chi connectivity index (χ0n) is 5.89. The minimum absolute atomic E-state index is 0. The molecule has 0 aliphatic heterocycles. The van der Waals surface area contributed by atoms with Crippen molar-refractivity contribution >= 4 is 5.78 Å². The molecule has 0 fully saturated rings. The predicted molar refractivity (Wildman–Crippen MR) is 28.1 cm³/mol. The van der Waals surface area contributed by atoms with Crippen LogP contribution >= 0.6 is 0 Å². The molecular formula is C5H9NaO3. The SMILES string of the molecule is CC(=O)/C=C(\C)[O-].O.[Na+]. The van der Waals surface area contributed by atoms with Crippen LogP contribution < -0.4 is 34.7 Å². The molecule has 0 aliphatic rings. The summed E-state index contributed by atoms with van der Waals surface area (Å²) in [6, 6.07) is 0. The molecule has 0 rings (SSSR count). The third-order valence-electron chi connectivity index (χ3n) is 0.407. The van der Waals surface area contributed by atoms with E-state index in [2.05, 4.69) is 0 Å². The minimum atomic E-state index is -0.187. The Morgan fingerprint density at radius 1 is 1.44 bits per heavy atom. The van der Waals surface area contributed by atoms with Crippen LogP contribution in [0.2, 0.25) is 0 Å². The van der Waals surface area contributed by atoms with Crippen LogP contribution in [-0.4, -0.2) is 11.3 Å². The standard InChI is InChI=1S/C5H8O2.Na.H2O/c1-4(6)3-5(2)7;;/h3,6H,1-2H3;;1H2/q;+1;/p-1/b4-3+;;. The average molecular weight is 140 g/mol. The Balaban J connectivity index is -0.000000180. The second kappa shape index (κ2) is 8.17. The summed E-state index contributed by atoms with van der Waals surface area (Å²) in [5, 5.41) is 9.98. The van der Waals surface area contributed by atoms with Gasteiger partial charge < -0.3 is 10.6 Å². The molecule has 0 aromatic rings. The smallest absolute Gasteiger partial charge is 0.876 e. The predicted octanol–water partition coefficient (Wildman–Crippen LogP) is -3.98. The number of rotatable bonds is 1. The molecule has 9 heavy (non-hydrogen) atoms. The van der Waals surface area contributed by atoms with E-state index < -0.39 is 0 Å². The second-order valence-electron chi connectivity index (χ2n) is 1.37. The van der Waals surface area contributed by atoms with E-state index >= 15 is 0 Å². The Morgan fingerprint density at radius 2 is 1.78 bits per heavy atom. The third-order valence-corrected chi connectivity index (χ3v) is 0.407. The largest absolute Gasteiger partial charge is 1.00 e. The maximum absolute atomic E-state index is 9.98. The third kappa shape index (κ3) is 17.9. The quantitative estimate of drug-likeness (QED) is 0.212. The van der Waals surface area contributed by atoms with Gasteiger partial charge in [-0.15, -0.1) is 5.76 Å². The van der Waals surface area contributed by atoms with Crippen molar-refractivity contribution in [2.24, 2.45) is 0 Å². The van der Waals surface area contributed by atoms with Gasteiger partial charge in [-0.2, -0.15) is 0 Å². The van der Waals surface area contributed by atoms with Crippen LogP contribution in [0, 0.1) is 0 Å². The first kappa shape index (κ1) is 16.1. The van der Waals surface area contributed by atoms with E-state index in [4.69, 9.17) is 0 Å². The summed E-state index contributed by atoms with van der Waals surface area (Å²) >= 11 is 0. The molecule has 0 spiro atoms. The first-order valence-electron chi connectivity index (χ1n) is 1.99. The fourth-order valence-corrected chi connectivity index (χ4v) is 0.286. The van der Waals surface area contributed by atoms with E-state index in [1.807, 2.05) is 0 Å². The number of hydrogen-bond donors (Lipinski definition) is 0. The first-order valence-corrected chi connectivity index (χ1v) is 1.99. The molecular weight excluding hydrogens is 131 g/mol. The van der Waals surface area contributed by atoms with Crippen molar-refractivity contribution in [3.63, 3.8) is 0 Å². The Bertz CT molecular complexity index is 105. The summed E-state index contributed by atoms with van der Waals surface area (Å²) in [5.74, 6) is -0.375. The van der Waals surface area contributed by atoms with Gasteiger partial charge >= 0.3 is 29.6 Å². The van der Waals surface area contributed by atoms with Crippen LogP contribution in [0.1, 0.15) is 13.8 Å². The number of ketones is 1. The van der Waals surface area contributed by atoms with Gasteiger partial charge in [-0.3, -0.25) is 4.79 Å². The Labute approximate surface area is 76.4 Å². The summed E-state index contributed by atoms with van der Waals surface area (Å²) in [5.41, 5.74) is 0. The molecule has 48 valence electrons. The van der Waals surface area contributed by atoms with Crippen molar-refractivity contribution in [2.45, 2.75) is 13.8 Å². The van der Waals surface area contributed by atoms with E-state index in [0.717, 1.165) is 6.08 Å². The monoisotopic (exact) mass is 140 g/mol. The molecule has 0 bridgehead atoms. The van der Waals surface area contributed by atoms with Crippen LogP contribution in [0.4, 0.5) is 0 Å². The van der Waals surface area contributed by atoms with E-state index in [1.54, 1.807) is 0 Å². The Morgan fingerprint density at radius 3 is 1.78 bits per heavy atom. The summed E-state index contributed by atoms with van der Waals surface area (Å²) in [4.78, 5) is 9.98. The van der Waals surface area contributed by atoms with Gasteiger partial charge in [-0.05, 0) is 13.0 Å². The second-order valence-corrected chi connectivity index (χ2v) is 1.37. The maximum atomic E-state index is 9.98. The fourth-order valence-electron chi connectivity index (χ4n) is 0.286. The van der Waals surface area contributed by atoms with Gasteiger partial charge in [0.05, 0.1) is 0 Å². The minimum Gasteiger partial charge on any atom is -0.876 e. The van der Waals surface area contributed by atoms with Crippen molar-refractivity contribution in [3.8, 4) is 0 Å². The van der Waals surface area contributed by atoms with E-state index in [1.165, 1.54) is 13.8 Å². The molecule has 0 atom stereocenters. The summed E-state index contributed by atoms with van der Waals surface area (Å²) < 4.78 is 0. The average Bonchev–Trinajstić information content (AvgIpc) is 1.27. The van der Waals surface area contributed by atoms with Gasteiger partial charge in [0.25, 0.3) is 0 Å². The molecule has 4 heteroatoms. The molecule has 0 saturated heterocycles. The van der Waals surface area contributed by atoms with E-state index in [0.29, 0.717) is 0 Å². The molecule has 0 aromatic heterocycles. The molecule has 0 amide bonds. The summed E-state index contributed by atoms with van der Waals surface area (Å²) in [6.07, 6.45) is 1.06. The van der Waals surface area contributed by atoms with Crippen molar-refractivity contribution < 1.29 is 44.9 Å². The number of allylic oxidation sites excluding steroid dienone is 2. The molecule has 0 aliphatic carbocycles. The van der Waals surface area contributed by atoms with Gasteiger partial charge in [0.2, 0.25) is 0 Å². The normalized spacial score (nSPS) is 8.89. The molecule has 0 radical (unpaired) electrons. The molecule has 3 nitrogen and oxygen atoms in total. The zero-order chi connectivity index (χ0) is 5.86. The Hall–Kier alpha value is 0.170. The van der Waals surface area contributed by atoms with Crippen LogP contribution in [0.25, 0.3) is 0 Å². The number of carbonyl (C=O) groups is 1. The van der Waals surface area contributed by atoms with Gasteiger partial charge in [0.1, 0.15) is 0 Å². The fraction of sp³-hybridized carbons (Fsp3) is 0.400. The topological polar surface area (TPSA) is 71.6 Å². The first-order chi connectivity index (χ1) is 3.13. The van der Waals surface area contributed by atoms with Crippen LogP contribution in [0.5, 0.6) is 0 Å². The summed E-state index contributed by atoms with van der Waals surface area (Å²) in [6.45, 7) is 2.70. The molecule has 0 heterocycles. The molecule has 0 aromatic carbocycles. The van der Waals surface area contributed by atoms with Crippen LogP contribution in [0.3, 0.4) is 0 Å². The Kier molecular flexibility index (Phi) is 14.6. The van der Waals surface area contributed by atoms with Crippen LogP contribution in [-0.2, 0) is 4.79 Å². The number of hydrogen-bond acceptors (Lipinski definition) is 2. The molecule has 0 unspecified atom stereocenters. The van der Waals surface area contributed by atoms with E-state index in [-0.39, 0.29) is 46.6 Å². The summed E-state index contributed by atoms with van der Waals surface area (Å²) in [7, 11) is 0. The van der Waals surface area contributed by atoms with Crippen molar-refractivity contribution in [2.75, 3.05) is 0 Å². The molecule has 0 saturated carbocycles. The van der Waals surface area contributed by atoms with Gasteiger partial charge in [0, 0.05) is 0 Å². The van der Waals surface area contributed by atoms with Crippen molar-refractivity contribution in [1.29, 1.82) is 0 Å². The van der Waals surface area contributed by atoms with Crippen LogP contribution in [0.15, 0.2) is 11.8 Å². The van der Waals surface area contributed by atoms with Gasteiger partial charge in [-0.1, -0.05) is 6.92 Å². The van der Waals surface area contributed by atoms with E-state index in [9.17, 15) is 9.90 Å². The zero-order valence-corrected chi connectivity index (χ0v) is 7.89.